The molecule has 0 radical (unpaired) electrons. The maximum absolute atomic E-state index is 12.4. The summed E-state index contributed by atoms with van der Waals surface area (Å²) < 4.78 is 46.8. The van der Waals surface area contributed by atoms with Crippen molar-refractivity contribution in [3.05, 3.63) is 24.3 Å². The number of hydrogen-bond acceptors (Lipinski definition) is 8. The Morgan fingerprint density at radius 2 is 1.45 bits per heavy atom. The van der Waals surface area contributed by atoms with Crippen molar-refractivity contribution in [2.24, 2.45) is 11.8 Å². The van der Waals surface area contributed by atoms with E-state index in [0.717, 1.165) is 50.7 Å². The number of carboxylic acids is 1. The number of methoxy groups -OCH3 is 1. The molecule has 58 heavy (non-hydrogen) atoms. The molecule has 0 bridgehead atoms. The highest BCUT2D eigenvalue weighted by Gasteiger charge is 2.50. The molecule has 3 aliphatic rings. The van der Waals surface area contributed by atoms with E-state index >= 15 is 0 Å². The third-order valence-electron chi connectivity index (χ3n) is 15.0. The van der Waals surface area contributed by atoms with Gasteiger partial charge in [-0.25, -0.2) is 0 Å². The van der Waals surface area contributed by atoms with Gasteiger partial charge >= 0.3 is 5.97 Å². The third-order valence-corrected chi connectivity index (χ3v) is 28.7. The van der Waals surface area contributed by atoms with Gasteiger partial charge in [-0.3, -0.25) is 4.79 Å². The van der Waals surface area contributed by atoms with E-state index in [1.165, 1.54) is 23.7 Å². The molecule has 3 fully saturated rings. The van der Waals surface area contributed by atoms with E-state index in [1.807, 2.05) is 0 Å². The minimum absolute atomic E-state index is 0.0138. The number of carbonyl (C=O) groups is 1. The van der Waals surface area contributed by atoms with Crippen molar-refractivity contribution in [1.82, 2.24) is 0 Å². The summed E-state index contributed by atoms with van der Waals surface area (Å²) in [4.78, 5) is 12.4. The molecule has 0 aliphatic carbocycles. The molecule has 0 saturated carbocycles. The van der Waals surface area contributed by atoms with E-state index < -0.39 is 37.0 Å². The molecular weight excluding hydrogens is 781 g/mol. The Morgan fingerprint density at radius 3 is 2.00 bits per heavy atom. The molecule has 0 amide bonds. The van der Waals surface area contributed by atoms with Crippen molar-refractivity contribution < 1.29 is 42.1 Å². The molecule has 9 nitrogen and oxygen atoms in total. The number of rotatable bonds is 23. The van der Waals surface area contributed by atoms with Gasteiger partial charge in [-0.1, -0.05) is 82.4 Å². The largest absolute Gasteiger partial charge is 0.481 e. The van der Waals surface area contributed by atoms with Crippen molar-refractivity contribution in [2.45, 2.75) is 230 Å². The zero-order chi connectivity index (χ0) is 43.9. The van der Waals surface area contributed by atoms with Gasteiger partial charge in [-0.2, -0.15) is 0 Å². The molecule has 10 atom stereocenters. The van der Waals surface area contributed by atoms with Crippen molar-refractivity contribution >= 4 is 30.9 Å². The van der Waals surface area contributed by atoms with Crippen LogP contribution in [0.4, 0.5) is 0 Å². The molecule has 0 spiro atoms. The molecule has 0 unspecified atom stereocenters. The van der Waals surface area contributed by atoms with Crippen LogP contribution in [0.15, 0.2) is 24.3 Å². The molecule has 1 N–H and O–H groups in total. The summed E-state index contributed by atoms with van der Waals surface area (Å²) in [6, 6.07) is 3.54. The van der Waals surface area contributed by atoms with E-state index in [-0.39, 0.29) is 71.1 Å². The molecule has 3 rings (SSSR count). The second-order valence-electron chi connectivity index (χ2n) is 21.1. The Morgan fingerprint density at radius 1 is 0.845 bits per heavy atom. The average Bonchev–Trinajstić information content (AvgIpc) is 3.64. The van der Waals surface area contributed by atoms with E-state index in [9.17, 15) is 9.90 Å². The zero-order valence-electron chi connectivity index (χ0n) is 39.8. The van der Waals surface area contributed by atoms with Gasteiger partial charge in [0, 0.05) is 32.5 Å². The number of carboxylic acid groups (broad SMARTS) is 1. The monoisotopic (exact) mass is 869 g/mol. The van der Waals surface area contributed by atoms with Crippen molar-refractivity contribution in [3.8, 4) is 0 Å². The van der Waals surface area contributed by atoms with Gasteiger partial charge in [0.1, 0.15) is 0 Å². The molecule has 0 aromatic carbocycles. The Kier molecular flexibility index (Phi) is 19.2. The Balaban J connectivity index is 1.69. The van der Waals surface area contributed by atoms with Crippen LogP contribution in [0.3, 0.4) is 0 Å². The Labute approximate surface area is 358 Å². The van der Waals surface area contributed by atoms with Crippen LogP contribution < -0.4 is 0 Å². The topological polar surface area (TPSA) is 102 Å². The minimum atomic E-state index is -2.18. The second-order valence-corrected chi connectivity index (χ2v) is 35.4. The maximum Gasteiger partial charge on any atom is 0.303 e. The SMILES string of the molecule is C=C1C[C@H](CCCO[Si](CC)(CC)CC)O[C@H]1CC[C@H]1C[C@@H](C)C(=C)[C@@H](C[C@@H]2O[C@H](C[C@@H](CO[Si](C)(C)C(C)(C)C)O[Si](C)(C)C(C)(C)C)[C@H](OC)[C@H]2CC(=O)O)O1. The molecular formula is C46H88O9Si3. The van der Waals surface area contributed by atoms with Crippen LogP contribution in [0.1, 0.15) is 127 Å². The highest BCUT2D eigenvalue weighted by molar-refractivity contribution is 6.75. The van der Waals surface area contributed by atoms with Crippen LogP contribution in [-0.4, -0.2) is 105 Å². The Bertz CT molecular complexity index is 1310. The quantitative estimate of drug-likeness (QED) is 0.0611. The molecule has 12 heteroatoms. The average molecular weight is 869 g/mol. The van der Waals surface area contributed by atoms with Crippen LogP contribution in [0.25, 0.3) is 0 Å². The summed E-state index contributed by atoms with van der Waals surface area (Å²) in [6.45, 7) is 41.9. The number of ether oxygens (including phenoxy) is 4. The van der Waals surface area contributed by atoms with Crippen molar-refractivity contribution in [1.29, 1.82) is 0 Å². The summed E-state index contributed by atoms with van der Waals surface area (Å²) in [6.07, 6.45) is 5.41. The lowest BCUT2D eigenvalue weighted by Gasteiger charge is -2.42. The lowest BCUT2D eigenvalue weighted by Crippen LogP contribution is -2.49. The van der Waals surface area contributed by atoms with Gasteiger partial charge in [0.15, 0.2) is 25.0 Å². The van der Waals surface area contributed by atoms with Crippen LogP contribution in [0.2, 0.25) is 54.4 Å². The predicted molar refractivity (Wildman–Crippen MR) is 245 cm³/mol. The fourth-order valence-electron chi connectivity index (χ4n) is 8.68. The molecule has 3 saturated heterocycles. The molecule has 0 aromatic rings. The van der Waals surface area contributed by atoms with E-state index in [1.54, 1.807) is 7.11 Å². The van der Waals surface area contributed by atoms with Crippen LogP contribution in [0.5, 0.6) is 0 Å². The van der Waals surface area contributed by atoms with Gasteiger partial charge in [0.2, 0.25) is 0 Å². The highest BCUT2D eigenvalue weighted by atomic mass is 28.4. The minimum Gasteiger partial charge on any atom is -0.481 e. The number of aliphatic carboxylic acids is 1. The first kappa shape index (κ1) is 51.7. The predicted octanol–water partition coefficient (Wildman–Crippen LogP) is 11.7. The molecule has 0 aromatic heterocycles. The van der Waals surface area contributed by atoms with Gasteiger partial charge in [0.05, 0.1) is 61.9 Å². The first-order valence-electron chi connectivity index (χ1n) is 22.8. The highest BCUT2D eigenvalue weighted by Crippen LogP contribution is 2.44. The normalized spacial score (nSPS) is 29.7. The Hall–Kier alpha value is -0.679. The smallest absolute Gasteiger partial charge is 0.303 e. The first-order valence-corrected chi connectivity index (χ1v) is 31.2. The summed E-state index contributed by atoms with van der Waals surface area (Å²) in [5, 5.41) is 10.2. The van der Waals surface area contributed by atoms with Gasteiger partial charge in [-0.15, -0.1) is 0 Å². The van der Waals surface area contributed by atoms with Gasteiger partial charge < -0.3 is 37.3 Å². The van der Waals surface area contributed by atoms with E-state index in [2.05, 4.69) is 109 Å². The zero-order valence-corrected chi connectivity index (χ0v) is 42.8. The second kappa shape index (κ2) is 21.6. The summed E-state index contributed by atoms with van der Waals surface area (Å²) in [5.41, 5.74) is 2.24. The van der Waals surface area contributed by atoms with Crippen LogP contribution in [0, 0.1) is 11.8 Å². The maximum atomic E-state index is 12.4. The van der Waals surface area contributed by atoms with Gasteiger partial charge in [-0.05, 0) is 110 Å². The lowest BCUT2D eigenvalue weighted by atomic mass is 9.82. The van der Waals surface area contributed by atoms with Crippen molar-refractivity contribution in [3.63, 3.8) is 0 Å². The van der Waals surface area contributed by atoms with Crippen molar-refractivity contribution in [2.75, 3.05) is 20.3 Å². The van der Waals surface area contributed by atoms with Crippen LogP contribution >= 0.6 is 0 Å². The summed E-state index contributed by atoms with van der Waals surface area (Å²) >= 11 is 0. The first-order chi connectivity index (χ1) is 26.8. The number of hydrogen-bond donors (Lipinski definition) is 1. The fourth-order valence-corrected chi connectivity index (χ4v) is 13.8. The van der Waals surface area contributed by atoms with E-state index in [4.69, 9.17) is 32.2 Å². The van der Waals surface area contributed by atoms with E-state index in [0.29, 0.717) is 19.4 Å². The summed E-state index contributed by atoms with van der Waals surface area (Å²) in [5.74, 6) is -0.916. The third kappa shape index (κ3) is 13.9. The lowest BCUT2D eigenvalue weighted by molar-refractivity contribution is -0.139. The molecule has 3 aliphatic heterocycles. The summed E-state index contributed by atoms with van der Waals surface area (Å²) in [7, 11) is -4.13. The molecule has 338 valence electrons. The molecule has 3 heterocycles. The van der Waals surface area contributed by atoms with Gasteiger partial charge in [0.25, 0.3) is 0 Å². The van der Waals surface area contributed by atoms with Crippen LogP contribution in [-0.2, 0) is 37.0 Å². The standard InChI is InChI=1S/C46H88O9Si3/c1-18-58(19-2,20-3)50-25-21-22-35-27-33(5)39(52-35)24-23-36-26-32(4)34(6)40(53-36)30-41-38(29-43(47)48)44(49-13)42(54-41)28-37(55-57(16,17)46(10,11)12)31-51-56(14,15)45(7,8)9/h32,35-42,44H,5-6,18-31H2,1-4,7-17H3,(H,47,48)/t32-,35+,36+,37+,38+,39+,40-,41+,42-,44-/m1/s1. The fraction of sp³-hybridized carbons (Fsp3) is 0.891.